The van der Waals surface area contributed by atoms with Crippen molar-refractivity contribution in [3.63, 3.8) is 0 Å². The zero-order valence-electron chi connectivity index (χ0n) is 17.3. The third-order valence-electron chi connectivity index (χ3n) is 7.28. The summed E-state index contributed by atoms with van der Waals surface area (Å²) in [4.78, 5) is 10.3. The summed E-state index contributed by atoms with van der Waals surface area (Å²) in [7, 11) is 1.83. The van der Waals surface area contributed by atoms with Gasteiger partial charge in [0.25, 0.3) is 0 Å². The minimum atomic E-state index is -0.689. The van der Waals surface area contributed by atoms with Crippen LogP contribution < -0.4 is 5.73 Å². The van der Waals surface area contributed by atoms with Crippen LogP contribution in [0.3, 0.4) is 0 Å². The zero-order chi connectivity index (χ0) is 20.1. The summed E-state index contributed by atoms with van der Waals surface area (Å²) in [6, 6.07) is 8.30. The topological polar surface area (TPSA) is 83.8 Å². The van der Waals surface area contributed by atoms with Crippen molar-refractivity contribution < 1.29 is 4.74 Å². The summed E-state index contributed by atoms with van der Waals surface area (Å²) >= 11 is 0. The average molecular weight is 379 g/mol. The second kappa shape index (κ2) is 6.70. The third-order valence-corrected chi connectivity index (χ3v) is 7.28. The Balaban J connectivity index is 1.92. The van der Waals surface area contributed by atoms with Crippen LogP contribution in [0.1, 0.15) is 63.1 Å². The van der Waals surface area contributed by atoms with E-state index in [9.17, 15) is 5.26 Å². The number of fused-ring (bicyclic) bond motifs is 3. The van der Waals surface area contributed by atoms with Gasteiger partial charge in [-0.3, -0.25) is 4.99 Å². The van der Waals surface area contributed by atoms with Gasteiger partial charge in [-0.05, 0) is 55.2 Å². The molecule has 5 atom stereocenters. The fourth-order valence-corrected chi connectivity index (χ4v) is 6.16. The van der Waals surface area contributed by atoms with Crippen LogP contribution in [0.15, 0.2) is 28.2 Å². The number of hydrogen-bond donors (Lipinski definition) is 1. The van der Waals surface area contributed by atoms with Crippen molar-refractivity contribution in [2.45, 2.75) is 64.6 Å². The van der Waals surface area contributed by atoms with E-state index < -0.39 is 5.66 Å². The minimum Gasteiger partial charge on any atom is -0.382 e. The SMILES string of the molecule is CCC1=N[C@]2(N=C1N)c1cc(C#N)ccc1C[C@@]21C[C@@H](CC)[C@H](OC)[C@@H](C)C1. The lowest BCUT2D eigenvalue weighted by atomic mass is 9.58. The number of benzene rings is 1. The van der Waals surface area contributed by atoms with Crippen molar-refractivity contribution in [1.29, 1.82) is 5.26 Å². The van der Waals surface area contributed by atoms with Crippen LogP contribution in [-0.2, 0) is 16.8 Å². The van der Waals surface area contributed by atoms with Gasteiger partial charge in [0.2, 0.25) is 0 Å². The fourth-order valence-electron chi connectivity index (χ4n) is 6.16. The number of nitriles is 1. The number of nitrogens with two attached hydrogens (primary N) is 1. The summed E-state index contributed by atoms with van der Waals surface area (Å²) in [5.74, 6) is 1.45. The van der Waals surface area contributed by atoms with Crippen LogP contribution in [0, 0.1) is 28.6 Å². The molecule has 1 aromatic carbocycles. The Morgan fingerprint density at radius 3 is 2.68 bits per heavy atom. The number of nitrogens with zero attached hydrogens (tertiary/aromatic N) is 3. The highest BCUT2D eigenvalue weighted by Crippen LogP contribution is 2.63. The Morgan fingerprint density at radius 1 is 1.29 bits per heavy atom. The summed E-state index contributed by atoms with van der Waals surface area (Å²) in [6.45, 7) is 6.62. The molecule has 0 aromatic heterocycles. The molecule has 0 unspecified atom stereocenters. The number of methoxy groups -OCH3 is 1. The second-order valence-corrected chi connectivity index (χ2v) is 8.78. The smallest absolute Gasteiger partial charge is 0.184 e. The Kier molecular flexibility index (Phi) is 4.58. The van der Waals surface area contributed by atoms with Crippen LogP contribution in [-0.4, -0.2) is 24.8 Å². The Labute approximate surface area is 167 Å². The van der Waals surface area contributed by atoms with Crippen LogP contribution in [0.4, 0.5) is 0 Å². The third kappa shape index (κ3) is 2.47. The Bertz CT molecular complexity index is 898. The first kappa shape index (κ1) is 19.1. The molecule has 1 aliphatic heterocycles. The molecule has 0 bridgehead atoms. The van der Waals surface area contributed by atoms with Gasteiger partial charge >= 0.3 is 0 Å². The maximum atomic E-state index is 9.48. The molecule has 5 heteroatoms. The van der Waals surface area contributed by atoms with Crippen molar-refractivity contribution in [2.24, 2.45) is 33.0 Å². The number of amidine groups is 1. The van der Waals surface area contributed by atoms with Crippen LogP contribution in [0.25, 0.3) is 0 Å². The molecule has 5 nitrogen and oxygen atoms in total. The summed E-state index contributed by atoms with van der Waals surface area (Å²) in [6.07, 6.45) is 5.06. The van der Waals surface area contributed by atoms with Gasteiger partial charge in [0.05, 0.1) is 23.4 Å². The number of ether oxygens (including phenoxy) is 1. The standard InChI is InChI=1S/C23H30N4O/c1-5-16-11-22(10-14(3)20(16)28-4)12-17-8-7-15(13-24)9-18(17)23(22)26-19(6-2)21(25)27-23/h7-9,14,16,20H,5-6,10-12H2,1-4H3,(H2,25,27)/t14-,16+,20+,22+,23-/m0/s1. The maximum absolute atomic E-state index is 9.48. The molecular formula is C23H30N4O. The van der Waals surface area contributed by atoms with E-state index in [1.807, 2.05) is 19.2 Å². The fraction of sp³-hybridized carbons (Fsp3) is 0.609. The van der Waals surface area contributed by atoms with Gasteiger partial charge in [0.1, 0.15) is 5.84 Å². The highest BCUT2D eigenvalue weighted by Gasteiger charge is 2.63. The zero-order valence-corrected chi connectivity index (χ0v) is 17.3. The average Bonchev–Trinajstić information content (AvgIpc) is 3.16. The Hall–Kier alpha value is -2.19. The Morgan fingerprint density at radius 2 is 2.07 bits per heavy atom. The molecule has 3 aliphatic rings. The van der Waals surface area contributed by atoms with Crippen molar-refractivity contribution >= 4 is 11.5 Å². The van der Waals surface area contributed by atoms with E-state index in [1.54, 1.807) is 0 Å². The molecular weight excluding hydrogens is 348 g/mol. The predicted octanol–water partition coefficient (Wildman–Crippen LogP) is 3.95. The van der Waals surface area contributed by atoms with Gasteiger partial charge in [0, 0.05) is 18.1 Å². The minimum absolute atomic E-state index is 0.111. The molecule has 28 heavy (non-hydrogen) atoms. The molecule has 0 amide bonds. The first-order valence-corrected chi connectivity index (χ1v) is 10.4. The van der Waals surface area contributed by atoms with Gasteiger partial charge in [0.15, 0.2) is 5.66 Å². The van der Waals surface area contributed by atoms with Gasteiger partial charge in [-0.25, -0.2) is 4.99 Å². The highest BCUT2D eigenvalue weighted by atomic mass is 16.5. The normalized spacial score (nSPS) is 36.3. The van der Waals surface area contributed by atoms with Crippen molar-refractivity contribution in [3.8, 4) is 6.07 Å². The van der Waals surface area contributed by atoms with Gasteiger partial charge < -0.3 is 10.5 Å². The molecule has 0 saturated heterocycles. The summed E-state index contributed by atoms with van der Waals surface area (Å²) in [5.41, 5.74) is 9.44. The monoisotopic (exact) mass is 378 g/mol. The lowest BCUT2D eigenvalue weighted by Gasteiger charge is -2.50. The second-order valence-electron chi connectivity index (χ2n) is 8.78. The molecule has 1 fully saturated rings. The molecule has 148 valence electrons. The van der Waals surface area contributed by atoms with Crippen LogP contribution >= 0.6 is 0 Å². The van der Waals surface area contributed by atoms with E-state index in [-0.39, 0.29) is 11.5 Å². The highest BCUT2D eigenvalue weighted by molar-refractivity contribution is 6.42. The van der Waals surface area contributed by atoms with E-state index in [4.69, 9.17) is 20.5 Å². The molecule has 2 spiro atoms. The van der Waals surface area contributed by atoms with Crippen LogP contribution in [0.5, 0.6) is 0 Å². The predicted molar refractivity (Wildman–Crippen MR) is 111 cm³/mol. The number of aliphatic imine (C=N–C) groups is 2. The van der Waals surface area contributed by atoms with Crippen molar-refractivity contribution in [1.82, 2.24) is 0 Å². The molecule has 0 radical (unpaired) electrons. The molecule has 4 rings (SSSR count). The van der Waals surface area contributed by atoms with E-state index in [2.05, 4.69) is 32.9 Å². The lowest BCUT2D eigenvalue weighted by Crippen LogP contribution is -2.50. The first-order valence-electron chi connectivity index (χ1n) is 10.4. The van der Waals surface area contributed by atoms with Gasteiger partial charge in [-0.15, -0.1) is 0 Å². The number of hydrogen-bond acceptors (Lipinski definition) is 5. The largest absolute Gasteiger partial charge is 0.382 e. The van der Waals surface area contributed by atoms with E-state index in [0.29, 0.717) is 23.2 Å². The van der Waals surface area contributed by atoms with Gasteiger partial charge in [-0.2, -0.15) is 5.26 Å². The maximum Gasteiger partial charge on any atom is 0.184 e. The van der Waals surface area contributed by atoms with E-state index >= 15 is 0 Å². The lowest BCUT2D eigenvalue weighted by molar-refractivity contribution is -0.0796. The van der Waals surface area contributed by atoms with Crippen molar-refractivity contribution in [3.05, 3.63) is 34.9 Å². The molecule has 1 aromatic rings. The molecule has 1 saturated carbocycles. The number of rotatable bonds is 3. The van der Waals surface area contributed by atoms with E-state index in [1.165, 1.54) is 5.56 Å². The summed E-state index contributed by atoms with van der Waals surface area (Å²) < 4.78 is 5.90. The van der Waals surface area contributed by atoms with E-state index in [0.717, 1.165) is 43.4 Å². The van der Waals surface area contributed by atoms with Crippen LogP contribution in [0.2, 0.25) is 0 Å². The first-order chi connectivity index (χ1) is 13.4. The molecule has 2 aliphatic carbocycles. The summed E-state index contributed by atoms with van der Waals surface area (Å²) in [5, 5.41) is 9.48. The van der Waals surface area contributed by atoms with Crippen molar-refractivity contribution in [2.75, 3.05) is 7.11 Å². The van der Waals surface area contributed by atoms with Gasteiger partial charge in [-0.1, -0.05) is 33.3 Å². The molecule has 1 heterocycles. The quantitative estimate of drug-likeness (QED) is 0.864. The molecule has 2 N–H and O–H groups in total.